The minimum absolute atomic E-state index is 0.220. The lowest BCUT2D eigenvalue weighted by Gasteiger charge is -2.08. The SMILES string of the molecule is NC(=O)COc1cccc(C(=O)Nc2ccc(I)cc2)c1. The van der Waals surface area contributed by atoms with Gasteiger partial charge in [-0.05, 0) is 65.1 Å². The number of anilines is 1. The molecule has 0 unspecified atom stereocenters. The zero-order valence-corrected chi connectivity index (χ0v) is 13.2. The first kappa shape index (κ1) is 15.3. The van der Waals surface area contributed by atoms with Crippen molar-refractivity contribution in [3.8, 4) is 5.75 Å². The van der Waals surface area contributed by atoms with Crippen molar-refractivity contribution in [1.82, 2.24) is 0 Å². The summed E-state index contributed by atoms with van der Waals surface area (Å²) in [4.78, 5) is 22.8. The van der Waals surface area contributed by atoms with Gasteiger partial charge in [0.25, 0.3) is 11.8 Å². The summed E-state index contributed by atoms with van der Waals surface area (Å²) >= 11 is 2.19. The van der Waals surface area contributed by atoms with Crippen LogP contribution in [-0.4, -0.2) is 18.4 Å². The van der Waals surface area contributed by atoms with Gasteiger partial charge in [0.05, 0.1) is 0 Å². The molecule has 0 radical (unpaired) electrons. The molecular weight excluding hydrogens is 383 g/mol. The van der Waals surface area contributed by atoms with Crippen LogP contribution in [-0.2, 0) is 4.79 Å². The van der Waals surface area contributed by atoms with Crippen LogP contribution in [0.5, 0.6) is 5.75 Å². The van der Waals surface area contributed by atoms with E-state index in [2.05, 4.69) is 27.9 Å². The number of rotatable bonds is 5. The number of ether oxygens (including phenoxy) is 1. The monoisotopic (exact) mass is 396 g/mol. The molecule has 21 heavy (non-hydrogen) atoms. The molecular formula is C15H13IN2O3. The predicted molar refractivity (Wildman–Crippen MR) is 88.2 cm³/mol. The van der Waals surface area contributed by atoms with Gasteiger partial charge >= 0.3 is 0 Å². The Morgan fingerprint density at radius 2 is 1.86 bits per heavy atom. The largest absolute Gasteiger partial charge is 0.484 e. The fraction of sp³-hybridized carbons (Fsp3) is 0.0667. The first-order chi connectivity index (χ1) is 10.0. The highest BCUT2D eigenvalue weighted by molar-refractivity contribution is 14.1. The van der Waals surface area contributed by atoms with Crippen LogP contribution in [0, 0.1) is 3.57 Å². The molecule has 2 aromatic rings. The number of amides is 2. The molecule has 108 valence electrons. The smallest absolute Gasteiger partial charge is 0.255 e. The lowest BCUT2D eigenvalue weighted by molar-refractivity contribution is -0.119. The third kappa shape index (κ3) is 4.75. The first-order valence-corrected chi connectivity index (χ1v) is 7.20. The molecule has 0 heterocycles. The quantitative estimate of drug-likeness (QED) is 0.762. The summed E-state index contributed by atoms with van der Waals surface area (Å²) in [6.45, 7) is -0.220. The highest BCUT2D eigenvalue weighted by Gasteiger charge is 2.07. The van der Waals surface area contributed by atoms with E-state index >= 15 is 0 Å². The van der Waals surface area contributed by atoms with Crippen molar-refractivity contribution < 1.29 is 14.3 Å². The second kappa shape index (κ2) is 7.07. The van der Waals surface area contributed by atoms with Crippen molar-refractivity contribution in [3.05, 3.63) is 57.7 Å². The number of hydrogen-bond donors (Lipinski definition) is 2. The molecule has 0 bridgehead atoms. The molecule has 2 amide bonds. The molecule has 0 aliphatic carbocycles. The number of benzene rings is 2. The number of carbonyl (C=O) groups is 2. The van der Waals surface area contributed by atoms with E-state index in [1.807, 2.05) is 24.3 Å². The Morgan fingerprint density at radius 3 is 2.52 bits per heavy atom. The molecule has 0 fully saturated rings. The minimum Gasteiger partial charge on any atom is -0.484 e. The second-order valence-electron chi connectivity index (χ2n) is 4.24. The lowest BCUT2D eigenvalue weighted by atomic mass is 10.2. The Bertz CT molecular complexity index is 656. The molecule has 2 rings (SSSR count). The van der Waals surface area contributed by atoms with Gasteiger partial charge < -0.3 is 15.8 Å². The molecule has 0 saturated heterocycles. The van der Waals surface area contributed by atoms with E-state index in [1.165, 1.54) is 0 Å². The van der Waals surface area contributed by atoms with E-state index in [0.717, 1.165) is 3.57 Å². The number of carbonyl (C=O) groups excluding carboxylic acids is 2. The molecule has 3 N–H and O–H groups in total. The number of halogens is 1. The summed E-state index contributed by atoms with van der Waals surface area (Å²) in [5, 5.41) is 2.79. The van der Waals surface area contributed by atoms with Gasteiger partial charge in [-0.1, -0.05) is 6.07 Å². The molecule has 0 saturated carbocycles. The average Bonchev–Trinajstić information content (AvgIpc) is 2.48. The van der Waals surface area contributed by atoms with Gasteiger partial charge in [-0.25, -0.2) is 0 Å². The highest BCUT2D eigenvalue weighted by Crippen LogP contribution is 2.16. The van der Waals surface area contributed by atoms with Crippen molar-refractivity contribution in [2.45, 2.75) is 0 Å². The lowest BCUT2D eigenvalue weighted by Crippen LogP contribution is -2.20. The van der Waals surface area contributed by atoms with E-state index in [1.54, 1.807) is 24.3 Å². The van der Waals surface area contributed by atoms with Crippen LogP contribution in [0.25, 0.3) is 0 Å². The first-order valence-electron chi connectivity index (χ1n) is 6.12. The van der Waals surface area contributed by atoms with E-state index in [-0.39, 0.29) is 12.5 Å². The fourth-order valence-electron chi connectivity index (χ4n) is 1.62. The summed E-state index contributed by atoms with van der Waals surface area (Å²) in [6, 6.07) is 14.0. The Kier molecular flexibility index (Phi) is 5.15. The third-order valence-corrected chi connectivity index (χ3v) is 3.30. The van der Waals surface area contributed by atoms with Crippen LogP contribution in [0.15, 0.2) is 48.5 Å². The third-order valence-electron chi connectivity index (χ3n) is 2.58. The molecule has 0 spiro atoms. The summed E-state index contributed by atoms with van der Waals surface area (Å²) < 4.78 is 6.26. The van der Waals surface area contributed by atoms with Gasteiger partial charge in [0.1, 0.15) is 5.75 Å². The van der Waals surface area contributed by atoms with Gasteiger partial charge in [0.15, 0.2) is 6.61 Å². The van der Waals surface area contributed by atoms with Crippen LogP contribution >= 0.6 is 22.6 Å². The topological polar surface area (TPSA) is 81.4 Å². The second-order valence-corrected chi connectivity index (χ2v) is 5.49. The molecule has 5 nitrogen and oxygen atoms in total. The van der Waals surface area contributed by atoms with Crippen molar-refractivity contribution in [2.24, 2.45) is 5.73 Å². The van der Waals surface area contributed by atoms with Gasteiger partial charge in [0.2, 0.25) is 0 Å². The number of nitrogens with one attached hydrogen (secondary N) is 1. The Balaban J connectivity index is 2.06. The maximum Gasteiger partial charge on any atom is 0.255 e. The number of hydrogen-bond acceptors (Lipinski definition) is 3. The van der Waals surface area contributed by atoms with Crippen molar-refractivity contribution in [2.75, 3.05) is 11.9 Å². The molecule has 0 aliphatic heterocycles. The summed E-state index contributed by atoms with van der Waals surface area (Å²) in [5.74, 6) is -0.395. The standard InChI is InChI=1S/C15H13IN2O3/c16-11-4-6-12(7-5-11)18-15(20)10-2-1-3-13(8-10)21-9-14(17)19/h1-8H,9H2,(H2,17,19)(H,18,20). The molecule has 0 atom stereocenters. The normalized spacial score (nSPS) is 9.95. The van der Waals surface area contributed by atoms with E-state index in [4.69, 9.17) is 10.5 Å². The maximum atomic E-state index is 12.1. The Labute approximate surface area is 135 Å². The summed E-state index contributed by atoms with van der Waals surface area (Å²) in [7, 11) is 0. The maximum absolute atomic E-state index is 12.1. The fourth-order valence-corrected chi connectivity index (χ4v) is 1.98. The van der Waals surface area contributed by atoms with E-state index < -0.39 is 5.91 Å². The average molecular weight is 396 g/mol. The van der Waals surface area contributed by atoms with E-state index in [0.29, 0.717) is 17.0 Å². The van der Waals surface area contributed by atoms with Crippen LogP contribution in [0.1, 0.15) is 10.4 Å². The molecule has 0 aliphatic rings. The van der Waals surface area contributed by atoms with E-state index in [9.17, 15) is 9.59 Å². The molecule has 2 aromatic carbocycles. The van der Waals surface area contributed by atoms with Crippen LogP contribution < -0.4 is 15.8 Å². The zero-order chi connectivity index (χ0) is 15.2. The van der Waals surface area contributed by atoms with Gasteiger partial charge in [-0.3, -0.25) is 9.59 Å². The number of nitrogens with two attached hydrogens (primary N) is 1. The van der Waals surface area contributed by atoms with Gasteiger partial charge in [0, 0.05) is 14.8 Å². The molecule has 6 heteroatoms. The minimum atomic E-state index is -0.566. The van der Waals surface area contributed by atoms with Crippen molar-refractivity contribution >= 4 is 40.1 Å². The zero-order valence-electron chi connectivity index (χ0n) is 11.0. The van der Waals surface area contributed by atoms with Gasteiger partial charge in [-0.2, -0.15) is 0 Å². The summed E-state index contributed by atoms with van der Waals surface area (Å²) in [5.41, 5.74) is 6.16. The van der Waals surface area contributed by atoms with Crippen LogP contribution in [0.3, 0.4) is 0 Å². The predicted octanol–water partition coefficient (Wildman–Crippen LogP) is 2.41. The molecule has 0 aromatic heterocycles. The number of primary amides is 1. The summed E-state index contributed by atoms with van der Waals surface area (Å²) in [6.07, 6.45) is 0. The van der Waals surface area contributed by atoms with Crippen LogP contribution in [0.2, 0.25) is 0 Å². The highest BCUT2D eigenvalue weighted by atomic mass is 127. The van der Waals surface area contributed by atoms with Crippen molar-refractivity contribution in [1.29, 1.82) is 0 Å². The van der Waals surface area contributed by atoms with Crippen LogP contribution in [0.4, 0.5) is 5.69 Å². The van der Waals surface area contributed by atoms with Gasteiger partial charge in [-0.15, -0.1) is 0 Å². The van der Waals surface area contributed by atoms with Crippen molar-refractivity contribution in [3.63, 3.8) is 0 Å². The Hall–Kier alpha value is -2.09. The Morgan fingerprint density at radius 1 is 1.14 bits per heavy atom.